The zero-order chi connectivity index (χ0) is 22.3. The van der Waals surface area contributed by atoms with Gasteiger partial charge in [-0.3, -0.25) is 9.59 Å². The number of carbonyl (C=O) groups is 2. The van der Waals surface area contributed by atoms with Gasteiger partial charge in [0.15, 0.2) is 0 Å². The van der Waals surface area contributed by atoms with Crippen molar-refractivity contribution in [1.82, 2.24) is 14.4 Å². The molecule has 0 spiro atoms. The summed E-state index contributed by atoms with van der Waals surface area (Å²) in [5.74, 6) is 0.113. The molecule has 1 aromatic carbocycles. The van der Waals surface area contributed by atoms with Gasteiger partial charge >= 0.3 is 0 Å². The van der Waals surface area contributed by atoms with E-state index in [1.165, 1.54) is 5.56 Å². The number of nitrogens with zero attached hydrogens (tertiary/aromatic N) is 3. The molecule has 3 aromatic rings. The highest BCUT2D eigenvalue weighted by atomic mass is 16.3. The third kappa shape index (κ3) is 3.99. The van der Waals surface area contributed by atoms with Crippen LogP contribution in [0.2, 0.25) is 0 Å². The first-order chi connectivity index (χ1) is 14.7. The molecule has 2 aromatic heterocycles. The first kappa shape index (κ1) is 21.2. The van der Waals surface area contributed by atoms with Crippen LogP contribution in [0.25, 0.3) is 11.1 Å². The summed E-state index contributed by atoms with van der Waals surface area (Å²) < 4.78 is 7.70. The molecular weight excluding hydrogens is 390 g/mol. The van der Waals surface area contributed by atoms with Crippen LogP contribution in [0.1, 0.15) is 49.3 Å². The lowest BCUT2D eigenvalue weighted by Gasteiger charge is -2.42. The number of amides is 2. The summed E-state index contributed by atoms with van der Waals surface area (Å²) in [6.07, 6.45) is 1.66. The summed E-state index contributed by atoms with van der Waals surface area (Å²) in [5.41, 5.74) is 3.24. The molecule has 0 unspecified atom stereocenters. The lowest BCUT2D eigenvalue weighted by atomic mass is 9.93. The van der Waals surface area contributed by atoms with Crippen LogP contribution in [0.5, 0.6) is 0 Å². The van der Waals surface area contributed by atoms with E-state index < -0.39 is 5.41 Å². The van der Waals surface area contributed by atoms with Crippen LogP contribution in [0.4, 0.5) is 0 Å². The van der Waals surface area contributed by atoms with Crippen molar-refractivity contribution in [3.63, 3.8) is 0 Å². The lowest BCUT2D eigenvalue weighted by Crippen LogP contribution is -2.57. The Bertz CT molecular complexity index is 1120. The second-order valence-electron chi connectivity index (χ2n) is 9.57. The van der Waals surface area contributed by atoms with Crippen molar-refractivity contribution < 1.29 is 14.0 Å². The first-order valence-corrected chi connectivity index (χ1v) is 10.9. The number of aryl methyl sites for hydroxylation is 1. The maximum Gasteiger partial charge on any atom is 0.270 e. The molecule has 6 heteroatoms. The molecule has 31 heavy (non-hydrogen) atoms. The molecular formula is C25H31N3O3. The Kier molecular flexibility index (Phi) is 5.42. The van der Waals surface area contributed by atoms with E-state index in [2.05, 4.69) is 19.1 Å². The van der Waals surface area contributed by atoms with E-state index in [0.29, 0.717) is 37.6 Å². The molecule has 1 aliphatic heterocycles. The number of hydrogen-bond donors (Lipinski definition) is 0. The number of furan rings is 1. The number of carbonyl (C=O) groups excluding carboxylic acids is 2. The summed E-state index contributed by atoms with van der Waals surface area (Å²) in [5, 5.41) is 0.923. The molecule has 0 N–H and O–H groups in total. The minimum absolute atomic E-state index is 0.0188. The van der Waals surface area contributed by atoms with Crippen LogP contribution < -0.4 is 0 Å². The van der Waals surface area contributed by atoms with Gasteiger partial charge in [0.2, 0.25) is 11.6 Å². The van der Waals surface area contributed by atoms with Crippen molar-refractivity contribution in [2.75, 3.05) is 19.6 Å². The molecule has 3 heterocycles. The van der Waals surface area contributed by atoms with Gasteiger partial charge in [-0.2, -0.15) is 0 Å². The van der Waals surface area contributed by atoms with Crippen LogP contribution in [0.15, 0.2) is 47.1 Å². The molecule has 1 aliphatic rings. The largest absolute Gasteiger partial charge is 0.448 e. The molecule has 1 atom stereocenters. The van der Waals surface area contributed by atoms with Crippen LogP contribution in [0, 0.1) is 12.3 Å². The van der Waals surface area contributed by atoms with E-state index in [1.54, 1.807) is 6.26 Å². The molecule has 0 saturated carbocycles. The topological polar surface area (TPSA) is 58.7 Å². The maximum atomic E-state index is 13.5. The van der Waals surface area contributed by atoms with Crippen molar-refractivity contribution in [2.24, 2.45) is 5.41 Å². The Balaban J connectivity index is 1.60. The monoisotopic (exact) mass is 421 g/mol. The molecule has 164 valence electrons. The average molecular weight is 422 g/mol. The predicted octanol–water partition coefficient (Wildman–Crippen LogP) is 4.31. The molecule has 1 saturated heterocycles. The van der Waals surface area contributed by atoms with Crippen LogP contribution >= 0.6 is 0 Å². The lowest BCUT2D eigenvalue weighted by molar-refractivity contribution is -0.143. The Morgan fingerprint density at radius 2 is 1.87 bits per heavy atom. The van der Waals surface area contributed by atoms with Gasteiger partial charge in [-0.25, -0.2) is 0 Å². The minimum Gasteiger partial charge on any atom is -0.448 e. The number of benzene rings is 1. The van der Waals surface area contributed by atoms with E-state index in [4.69, 9.17) is 4.42 Å². The van der Waals surface area contributed by atoms with E-state index in [0.717, 1.165) is 10.9 Å². The van der Waals surface area contributed by atoms with Gasteiger partial charge in [0.25, 0.3) is 5.91 Å². The summed E-state index contributed by atoms with van der Waals surface area (Å²) >= 11 is 0. The summed E-state index contributed by atoms with van der Waals surface area (Å²) in [6.45, 7) is 12.1. The van der Waals surface area contributed by atoms with Crippen LogP contribution in [-0.4, -0.2) is 51.9 Å². The molecule has 4 rings (SSSR count). The molecule has 0 aliphatic carbocycles. The van der Waals surface area contributed by atoms with E-state index in [9.17, 15) is 9.59 Å². The van der Waals surface area contributed by atoms with Crippen molar-refractivity contribution in [2.45, 2.75) is 47.2 Å². The third-order valence-electron chi connectivity index (χ3n) is 6.13. The second-order valence-corrected chi connectivity index (χ2v) is 9.57. The smallest absolute Gasteiger partial charge is 0.270 e. The average Bonchev–Trinajstić information content (AvgIpc) is 3.30. The maximum absolute atomic E-state index is 13.5. The first-order valence-electron chi connectivity index (χ1n) is 10.9. The Hall–Kier alpha value is -3.02. The van der Waals surface area contributed by atoms with E-state index in [-0.39, 0.29) is 17.9 Å². The van der Waals surface area contributed by atoms with Gasteiger partial charge in [0, 0.05) is 36.5 Å². The van der Waals surface area contributed by atoms with Crippen molar-refractivity contribution in [1.29, 1.82) is 0 Å². The number of aromatic nitrogens is 1. The predicted molar refractivity (Wildman–Crippen MR) is 121 cm³/mol. The van der Waals surface area contributed by atoms with Crippen molar-refractivity contribution in [3.8, 4) is 0 Å². The van der Waals surface area contributed by atoms with Gasteiger partial charge in [0.1, 0.15) is 5.69 Å². The summed E-state index contributed by atoms with van der Waals surface area (Å²) in [7, 11) is 0. The zero-order valence-corrected chi connectivity index (χ0v) is 19.0. The fraction of sp³-hybridized carbons (Fsp3) is 0.440. The van der Waals surface area contributed by atoms with E-state index >= 15 is 0 Å². The van der Waals surface area contributed by atoms with Gasteiger partial charge in [-0.1, -0.05) is 45.0 Å². The summed E-state index contributed by atoms with van der Waals surface area (Å²) in [4.78, 5) is 30.1. The number of hydrogen-bond acceptors (Lipinski definition) is 3. The Labute approximate surface area is 183 Å². The Morgan fingerprint density at radius 1 is 1.13 bits per heavy atom. The number of rotatable bonds is 3. The number of fused-ring (bicyclic) bond motifs is 1. The van der Waals surface area contributed by atoms with Crippen LogP contribution in [-0.2, 0) is 11.3 Å². The molecule has 1 fully saturated rings. The highest BCUT2D eigenvalue weighted by molar-refractivity contribution is 5.98. The van der Waals surface area contributed by atoms with Gasteiger partial charge in [-0.05, 0) is 37.1 Å². The number of piperazine rings is 1. The minimum atomic E-state index is -0.423. The summed E-state index contributed by atoms with van der Waals surface area (Å²) in [6, 6.07) is 12.0. The zero-order valence-electron chi connectivity index (χ0n) is 19.0. The fourth-order valence-corrected chi connectivity index (χ4v) is 4.30. The van der Waals surface area contributed by atoms with Crippen LogP contribution in [0.3, 0.4) is 0 Å². The third-order valence-corrected chi connectivity index (χ3v) is 6.13. The Morgan fingerprint density at radius 3 is 2.55 bits per heavy atom. The highest BCUT2D eigenvalue weighted by Crippen LogP contribution is 2.26. The SMILES string of the molecule is Cc1ccccc1Cn1c(C(=O)N2CCN(C(=O)C(C)(C)C)[C@@H](C)C2)cc2ccoc21. The van der Waals surface area contributed by atoms with Crippen molar-refractivity contribution in [3.05, 3.63) is 59.5 Å². The van der Waals surface area contributed by atoms with Gasteiger partial charge in [-0.15, -0.1) is 0 Å². The highest BCUT2D eigenvalue weighted by Gasteiger charge is 2.35. The van der Waals surface area contributed by atoms with E-state index in [1.807, 2.05) is 66.3 Å². The molecule has 0 bridgehead atoms. The van der Waals surface area contributed by atoms with Crippen molar-refractivity contribution >= 4 is 22.9 Å². The fourth-order valence-electron chi connectivity index (χ4n) is 4.30. The molecule has 0 radical (unpaired) electrons. The van der Waals surface area contributed by atoms with Gasteiger partial charge < -0.3 is 18.8 Å². The van der Waals surface area contributed by atoms with Gasteiger partial charge in [0.05, 0.1) is 12.8 Å². The quantitative estimate of drug-likeness (QED) is 0.633. The molecule has 6 nitrogen and oxygen atoms in total. The standard InChI is InChI=1S/C25H31N3O3/c1-17-8-6-7-9-20(17)16-28-21(14-19-10-13-31-23(19)28)22(29)26-11-12-27(18(2)15-26)24(30)25(3,4)5/h6-10,13-14,18H,11-12,15-16H2,1-5H3/t18-/m0/s1. The molecule has 2 amide bonds. The normalized spacial score (nSPS) is 17.4. The second kappa shape index (κ2) is 7.91.